The van der Waals surface area contributed by atoms with Gasteiger partial charge in [0.2, 0.25) is 0 Å². The fourth-order valence-electron chi connectivity index (χ4n) is 1.66. The van der Waals surface area contributed by atoms with Gasteiger partial charge in [-0.3, -0.25) is 0 Å². The third-order valence-corrected chi connectivity index (χ3v) is 2.83. The van der Waals surface area contributed by atoms with Crippen LogP contribution in [0.2, 0.25) is 0 Å². The quantitative estimate of drug-likeness (QED) is 0.762. The molecular formula is C11H15ClFNO2. The highest BCUT2D eigenvalue weighted by Crippen LogP contribution is 2.37. The summed E-state index contributed by atoms with van der Waals surface area (Å²) >= 11 is 0. The van der Waals surface area contributed by atoms with Gasteiger partial charge in [0.1, 0.15) is 0 Å². The molecule has 1 aromatic rings. The lowest BCUT2D eigenvalue weighted by atomic mass is 9.99. The second kappa shape index (κ2) is 4.99. The summed E-state index contributed by atoms with van der Waals surface area (Å²) in [6, 6.07) is 3.39. The molecule has 0 unspecified atom stereocenters. The first-order valence-electron chi connectivity index (χ1n) is 5.01. The zero-order valence-electron chi connectivity index (χ0n) is 8.64. The Morgan fingerprint density at radius 1 is 1.38 bits per heavy atom. The topological polar surface area (TPSA) is 66.5 Å². The molecule has 0 spiro atoms. The number of hydrogen-bond acceptors (Lipinski definition) is 3. The highest BCUT2D eigenvalue weighted by atomic mass is 35.5. The smallest absolute Gasteiger partial charge is 0.165 e. The summed E-state index contributed by atoms with van der Waals surface area (Å²) in [5.74, 6) is -0.852. The molecule has 1 aromatic carbocycles. The van der Waals surface area contributed by atoms with E-state index >= 15 is 0 Å². The monoisotopic (exact) mass is 247 g/mol. The first kappa shape index (κ1) is 13.2. The van der Waals surface area contributed by atoms with Crippen molar-refractivity contribution in [2.45, 2.75) is 25.0 Å². The number of rotatable bonds is 3. The van der Waals surface area contributed by atoms with E-state index in [9.17, 15) is 9.50 Å². The molecule has 0 amide bonds. The van der Waals surface area contributed by atoms with E-state index in [1.165, 1.54) is 18.2 Å². The number of halogens is 2. The number of nitrogens with two attached hydrogens (primary N) is 1. The van der Waals surface area contributed by atoms with Crippen LogP contribution in [0.4, 0.5) is 4.39 Å². The fourth-order valence-corrected chi connectivity index (χ4v) is 1.66. The van der Waals surface area contributed by atoms with E-state index in [0.717, 1.165) is 12.8 Å². The first-order valence-corrected chi connectivity index (χ1v) is 5.01. The van der Waals surface area contributed by atoms with Crippen molar-refractivity contribution in [2.75, 3.05) is 0 Å². The van der Waals surface area contributed by atoms with Gasteiger partial charge >= 0.3 is 0 Å². The number of phenols is 1. The SMILES string of the molecule is Cl.N[C@H](c1ccc(O)c(F)c1)[C@@H](O)C1CC1. The van der Waals surface area contributed by atoms with Gasteiger partial charge in [0.15, 0.2) is 11.6 Å². The molecule has 0 aromatic heterocycles. The minimum absolute atomic E-state index is 0. The van der Waals surface area contributed by atoms with Crippen LogP contribution in [0.3, 0.4) is 0 Å². The highest BCUT2D eigenvalue weighted by Gasteiger charge is 2.34. The van der Waals surface area contributed by atoms with E-state index in [1.807, 2.05) is 0 Å². The number of aliphatic hydroxyl groups is 1. The second-order valence-electron chi connectivity index (χ2n) is 4.06. The van der Waals surface area contributed by atoms with Crippen LogP contribution in [0, 0.1) is 11.7 Å². The summed E-state index contributed by atoms with van der Waals surface area (Å²) in [4.78, 5) is 0. The minimum Gasteiger partial charge on any atom is -0.505 e. The van der Waals surface area contributed by atoms with Crippen LogP contribution in [0.25, 0.3) is 0 Å². The van der Waals surface area contributed by atoms with Crippen LogP contribution in [-0.4, -0.2) is 16.3 Å². The average Bonchev–Trinajstić information content (AvgIpc) is 3.03. The molecule has 0 heterocycles. The molecule has 5 heteroatoms. The van der Waals surface area contributed by atoms with Gasteiger partial charge in [-0.05, 0) is 36.5 Å². The second-order valence-corrected chi connectivity index (χ2v) is 4.06. The molecule has 0 saturated heterocycles. The Labute approximate surface area is 99.5 Å². The molecule has 4 N–H and O–H groups in total. The third kappa shape index (κ3) is 2.64. The van der Waals surface area contributed by atoms with Gasteiger partial charge in [0.25, 0.3) is 0 Å². The molecule has 3 nitrogen and oxygen atoms in total. The summed E-state index contributed by atoms with van der Waals surface area (Å²) in [5, 5.41) is 18.8. The summed E-state index contributed by atoms with van der Waals surface area (Å²) in [5.41, 5.74) is 6.32. The van der Waals surface area contributed by atoms with Crippen molar-refractivity contribution >= 4 is 12.4 Å². The number of aliphatic hydroxyl groups excluding tert-OH is 1. The highest BCUT2D eigenvalue weighted by molar-refractivity contribution is 5.85. The van der Waals surface area contributed by atoms with Crippen LogP contribution in [0.1, 0.15) is 24.4 Å². The molecule has 0 radical (unpaired) electrons. The van der Waals surface area contributed by atoms with Crippen LogP contribution in [-0.2, 0) is 0 Å². The lowest BCUT2D eigenvalue weighted by Crippen LogP contribution is -2.27. The Kier molecular flexibility index (Phi) is 4.13. The van der Waals surface area contributed by atoms with Crippen molar-refractivity contribution in [2.24, 2.45) is 11.7 Å². The van der Waals surface area contributed by atoms with Gasteiger partial charge in [0, 0.05) is 0 Å². The van der Waals surface area contributed by atoms with Crippen LogP contribution in [0.15, 0.2) is 18.2 Å². The van der Waals surface area contributed by atoms with E-state index in [2.05, 4.69) is 0 Å². The molecular weight excluding hydrogens is 233 g/mol. The van der Waals surface area contributed by atoms with E-state index in [1.54, 1.807) is 0 Å². The lowest BCUT2D eigenvalue weighted by molar-refractivity contribution is 0.122. The standard InChI is InChI=1S/C11H14FNO2.ClH/c12-8-5-7(3-4-9(8)14)10(13)11(15)6-1-2-6;/h3-6,10-11,14-15H,1-2,13H2;1H/t10-,11+;/m1./s1. The molecule has 0 aliphatic heterocycles. The number of phenolic OH excluding ortho intramolecular Hbond substituents is 1. The van der Waals surface area contributed by atoms with E-state index in [-0.39, 0.29) is 18.3 Å². The fraction of sp³-hybridized carbons (Fsp3) is 0.455. The van der Waals surface area contributed by atoms with Crippen molar-refractivity contribution in [3.8, 4) is 5.75 Å². The Morgan fingerprint density at radius 3 is 2.50 bits per heavy atom. The van der Waals surface area contributed by atoms with E-state index < -0.39 is 23.7 Å². The van der Waals surface area contributed by atoms with Gasteiger partial charge in [0.05, 0.1) is 12.1 Å². The average molecular weight is 248 g/mol. The maximum absolute atomic E-state index is 13.0. The Bertz CT molecular complexity index is 371. The van der Waals surface area contributed by atoms with Gasteiger partial charge in [-0.15, -0.1) is 12.4 Å². The summed E-state index contributed by atoms with van der Waals surface area (Å²) < 4.78 is 13.0. The predicted octanol–water partition coefficient (Wildman–Crippen LogP) is 1.72. The number of aromatic hydroxyl groups is 1. The van der Waals surface area contributed by atoms with E-state index in [0.29, 0.717) is 5.56 Å². The molecule has 1 saturated carbocycles. The Balaban J connectivity index is 0.00000128. The maximum Gasteiger partial charge on any atom is 0.165 e. The van der Waals surface area contributed by atoms with Crippen molar-refractivity contribution in [1.82, 2.24) is 0 Å². The molecule has 0 bridgehead atoms. The third-order valence-electron chi connectivity index (χ3n) is 2.83. The number of benzene rings is 1. The lowest BCUT2D eigenvalue weighted by Gasteiger charge is -2.18. The molecule has 16 heavy (non-hydrogen) atoms. The summed E-state index contributed by atoms with van der Waals surface area (Å²) in [6.07, 6.45) is 1.35. The molecule has 2 atom stereocenters. The van der Waals surface area contributed by atoms with Gasteiger partial charge < -0.3 is 15.9 Å². The van der Waals surface area contributed by atoms with Gasteiger partial charge in [-0.2, -0.15) is 0 Å². The number of hydrogen-bond donors (Lipinski definition) is 3. The van der Waals surface area contributed by atoms with Crippen LogP contribution in [0.5, 0.6) is 5.75 Å². The van der Waals surface area contributed by atoms with Gasteiger partial charge in [-0.1, -0.05) is 6.07 Å². The summed E-state index contributed by atoms with van der Waals surface area (Å²) in [6.45, 7) is 0. The Hall–Kier alpha value is -0.840. The van der Waals surface area contributed by atoms with Crippen molar-refractivity contribution in [3.63, 3.8) is 0 Å². The zero-order valence-corrected chi connectivity index (χ0v) is 9.45. The summed E-state index contributed by atoms with van der Waals surface area (Å²) in [7, 11) is 0. The van der Waals surface area contributed by atoms with Crippen molar-refractivity contribution < 1.29 is 14.6 Å². The van der Waals surface area contributed by atoms with Crippen LogP contribution >= 0.6 is 12.4 Å². The first-order chi connectivity index (χ1) is 7.09. The largest absolute Gasteiger partial charge is 0.505 e. The molecule has 90 valence electrons. The zero-order chi connectivity index (χ0) is 11.0. The molecule has 1 fully saturated rings. The van der Waals surface area contributed by atoms with Crippen molar-refractivity contribution in [1.29, 1.82) is 0 Å². The van der Waals surface area contributed by atoms with Gasteiger partial charge in [-0.25, -0.2) is 4.39 Å². The molecule has 1 aliphatic carbocycles. The molecule has 1 aliphatic rings. The van der Waals surface area contributed by atoms with Crippen LogP contribution < -0.4 is 5.73 Å². The predicted molar refractivity (Wildman–Crippen MR) is 61.0 cm³/mol. The maximum atomic E-state index is 13.0. The van der Waals surface area contributed by atoms with E-state index in [4.69, 9.17) is 10.8 Å². The normalized spacial score (nSPS) is 18.7. The molecule has 2 rings (SSSR count). The van der Waals surface area contributed by atoms with Crippen molar-refractivity contribution in [3.05, 3.63) is 29.6 Å². The minimum atomic E-state index is -0.703. The Morgan fingerprint density at radius 2 is 2.00 bits per heavy atom.